The Hall–Kier alpha value is -4.89. The summed E-state index contributed by atoms with van der Waals surface area (Å²) in [5.41, 5.74) is 0.240. The number of aromatic amines is 1. The summed E-state index contributed by atoms with van der Waals surface area (Å²) in [6.45, 7) is 3.41. The van der Waals surface area contributed by atoms with Crippen molar-refractivity contribution in [1.82, 2.24) is 20.5 Å². The number of carboxylic acids is 1. The van der Waals surface area contributed by atoms with Crippen LogP contribution in [0.3, 0.4) is 0 Å². The standard InChI is InChI=1S/C31H30N4O9S2/c1-31(2)24(30(41)42)35-28(40)23(29(35)45-31)34-27(39)22(17-7-11-19(36)12-8-17)33-26(38)21-15-10-18(32-25(21)37)9-4-16-5-13-20(14-6-16)46(3,43)44/h4-15,22-24,29,36H,1-3H3,(H,32,37)(H,33,38)(H,34,39)(H,41,42)/b9-4+/t22?,23-,24+,29-/m1/s1. The first-order valence-corrected chi connectivity index (χ1v) is 16.7. The van der Waals surface area contributed by atoms with Gasteiger partial charge in [0.1, 0.15) is 34.8 Å². The molecule has 0 saturated carbocycles. The number of aromatic hydroxyl groups is 1. The zero-order valence-electron chi connectivity index (χ0n) is 24.8. The fourth-order valence-corrected chi connectivity index (χ4v) is 7.59. The Labute approximate surface area is 267 Å². The molecule has 4 atom stereocenters. The van der Waals surface area contributed by atoms with Crippen molar-refractivity contribution in [2.75, 3.05) is 6.26 Å². The Morgan fingerprint density at radius 1 is 1.00 bits per heavy atom. The predicted octanol–water partition coefficient (Wildman–Crippen LogP) is 1.76. The van der Waals surface area contributed by atoms with Crippen molar-refractivity contribution in [3.8, 4) is 5.75 Å². The number of aliphatic carboxylic acids is 1. The molecule has 1 aromatic heterocycles. The molecular weight excluding hydrogens is 636 g/mol. The summed E-state index contributed by atoms with van der Waals surface area (Å²) in [4.78, 5) is 68.4. The van der Waals surface area contributed by atoms with Crippen molar-refractivity contribution < 1.29 is 37.8 Å². The molecule has 240 valence electrons. The van der Waals surface area contributed by atoms with Crippen LogP contribution in [0, 0.1) is 0 Å². The third-order valence-corrected chi connectivity index (χ3v) is 10.4. The maximum Gasteiger partial charge on any atom is 0.327 e. The Bertz CT molecular complexity index is 1920. The fraction of sp³-hybridized carbons (Fsp3) is 0.258. The monoisotopic (exact) mass is 666 g/mol. The SMILES string of the molecule is CC1(C)S[C@@H]2[C@H](NC(=O)C(NC(=O)c3ccc(/C=C/c4ccc(S(C)(=O)=O)cc4)[nH]c3=O)c3ccc(O)cc3)C(=O)N2[C@H]1C(=O)O. The minimum absolute atomic E-state index is 0.0882. The molecule has 0 spiro atoms. The average Bonchev–Trinajstić information content (AvgIpc) is 3.25. The summed E-state index contributed by atoms with van der Waals surface area (Å²) < 4.78 is 22.5. The minimum atomic E-state index is -3.34. The van der Waals surface area contributed by atoms with Gasteiger partial charge in [0.05, 0.1) is 4.90 Å². The third kappa shape index (κ3) is 6.41. The number of rotatable bonds is 9. The van der Waals surface area contributed by atoms with Gasteiger partial charge >= 0.3 is 5.97 Å². The summed E-state index contributed by atoms with van der Waals surface area (Å²) in [6, 6.07) is 10.9. The number of thioether (sulfide) groups is 1. The van der Waals surface area contributed by atoms with Gasteiger partial charge in [0, 0.05) is 16.7 Å². The quantitative estimate of drug-likeness (QED) is 0.209. The summed E-state index contributed by atoms with van der Waals surface area (Å²) in [7, 11) is -3.34. The van der Waals surface area contributed by atoms with Crippen LogP contribution in [0.15, 0.2) is 70.4 Å². The maximum absolute atomic E-state index is 13.5. The largest absolute Gasteiger partial charge is 0.508 e. The number of carbonyl (C=O) groups is 4. The van der Waals surface area contributed by atoms with Crippen molar-refractivity contribution >= 4 is 57.4 Å². The molecule has 2 saturated heterocycles. The van der Waals surface area contributed by atoms with Crippen molar-refractivity contribution in [2.24, 2.45) is 0 Å². The first kappa shape index (κ1) is 32.5. The molecule has 0 radical (unpaired) electrons. The lowest BCUT2D eigenvalue weighted by Crippen LogP contribution is -2.71. The van der Waals surface area contributed by atoms with Crippen LogP contribution in [0.4, 0.5) is 0 Å². The van der Waals surface area contributed by atoms with Crippen molar-refractivity contribution in [3.05, 3.63) is 93.4 Å². The van der Waals surface area contributed by atoms with Gasteiger partial charge in [-0.3, -0.25) is 19.2 Å². The molecular formula is C31H30N4O9S2. The molecule has 2 aliphatic heterocycles. The first-order chi connectivity index (χ1) is 21.6. The van der Waals surface area contributed by atoms with Gasteiger partial charge in [-0.25, -0.2) is 13.2 Å². The molecule has 13 nitrogen and oxygen atoms in total. The molecule has 3 amide bonds. The fourth-order valence-electron chi connectivity index (χ4n) is 5.33. The van der Waals surface area contributed by atoms with Gasteiger partial charge in [0.15, 0.2) is 9.84 Å². The van der Waals surface area contributed by atoms with E-state index in [9.17, 15) is 42.6 Å². The van der Waals surface area contributed by atoms with E-state index in [-0.39, 0.29) is 21.8 Å². The van der Waals surface area contributed by atoms with E-state index in [1.165, 1.54) is 65.2 Å². The highest BCUT2D eigenvalue weighted by atomic mass is 32.2. The number of benzene rings is 2. The van der Waals surface area contributed by atoms with Gasteiger partial charge in [-0.15, -0.1) is 11.8 Å². The third-order valence-electron chi connectivity index (χ3n) is 7.68. The number of amides is 3. The first-order valence-electron chi connectivity index (χ1n) is 13.9. The lowest BCUT2D eigenvalue weighted by molar-refractivity contribution is -0.161. The van der Waals surface area contributed by atoms with Crippen LogP contribution < -0.4 is 16.2 Å². The van der Waals surface area contributed by atoms with Crippen LogP contribution in [0.1, 0.15) is 47.1 Å². The number of nitrogens with zero attached hydrogens (tertiary/aromatic N) is 1. The van der Waals surface area contributed by atoms with Crippen LogP contribution in [-0.4, -0.2) is 80.7 Å². The highest BCUT2D eigenvalue weighted by Gasteiger charge is 2.64. The number of carbonyl (C=O) groups excluding carboxylic acids is 3. The Morgan fingerprint density at radius 3 is 2.24 bits per heavy atom. The van der Waals surface area contributed by atoms with Gasteiger partial charge in [-0.2, -0.15) is 0 Å². The van der Waals surface area contributed by atoms with E-state index in [2.05, 4.69) is 15.6 Å². The molecule has 46 heavy (non-hydrogen) atoms. The van der Waals surface area contributed by atoms with Crippen LogP contribution >= 0.6 is 11.8 Å². The van der Waals surface area contributed by atoms with Gasteiger partial charge in [-0.05, 0) is 67.4 Å². The molecule has 3 aromatic rings. The number of aromatic nitrogens is 1. The highest BCUT2D eigenvalue weighted by molar-refractivity contribution is 8.01. The lowest BCUT2D eigenvalue weighted by Gasteiger charge is -2.44. The number of fused-ring (bicyclic) bond motifs is 1. The Balaban J connectivity index is 1.32. The van der Waals surface area contributed by atoms with Gasteiger partial charge in [-0.1, -0.05) is 30.3 Å². The number of hydrogen-bond acceptors (Lipinski definition) is 9. The number of carboxylic acid groups (broad SMARTS) is 1. The number of phenolic OH excluding ortho intramolecular Hbond substituents is 1. The molecule has 0 aliphatic carbocycles. The van der Waals surface area contributed by atoms with Crippen molar-refractivity contribution in [2.45, 2.75) is 47.0 Å². The van der Waals surface area contributed by atoms with Gasteiger partial charge in [0.2, 0.25) is 11.8 Å². The van der Waals surface area contributed by atoms with Crippen molar-refractivity contribution in [1.29, 1.82) is 0 Å². The number of hydrogen-bond donors (Lipinski definition) is 5. The lowest BCUT2D eigenvalue weighted by atomic mass is 9.95. The molecule has 3 heterocycles. The molecule has 0 bridgehead atoms. The summed E-state index contributed by atoms with van der Waals surface area (Å²) in [5, 5.41) is 23.9. The van der Waals surface area contributed by atoms with Crippen LogP contribution in [0.2, 0.25) is 0 Å². The number of H-pyrrole nitrogens is 1. The second-order valence-corrected chi connectivity index (χ2v) is 15.2. The Morgan fingerprint density at radius 2 is 1.65 bits per heavy atom. The van der Waals surface area contributed by atoms with E-state index >= 15 is 0 Å². The number of β-lactam (4-membered cyclic amide) rings is 1. The van der Waals surface area contributed by atoms with Crippen LogP contribution in [-0.2, 0) is 24.2 Å². The zero-order valence-corrected chi connectivity index (χ0v) is 26.4. The van der Waals surface area contributed by atoms with E-state index in [1.54, 1.807) is 38.1 Å². The Kier molecular flexibility index (Phi) is 8.57. The summed E-state index contributed by atoms with van der Waals surface area (Å²) in [5.74, 6) is -3.46. The molecule has 5 rings (SSSR count). The molecule has 1 unspecified atom stereocenters. The summed E-state index contributed by atoms with van der Waals surface area (Å²) >= 11 is 1.25. The topological polar surface area (TPSA) is 203 Å². The number of phenols is 1. The van der Waals surface area contributed by atoms with E-state index < -0.39 is 67.3 Å². The number of sulfone groups is 1. The normalized spacial score (nSPS) is 20.9. The van der Waals surface area contributed by atoms with Gasteiger partial charge < -0.3 is 30.7 Å². The minimum Gasteiger partial charge on any atom is -0.508 e. The van der Waals surface area contributed by atoms with E-state index in [0.29, 0.717) is 11.3 Å². The second kappa shape index (κ2) is 12.1. The smallest absolute Gasteiger partial charge is 0.327 e. The molecule has 2 aromatic carbocycles. The zero-order chi connectivity index (χ0) is 33.6. The number of pyridine rings is 1. The van der Waals surface area contributed by atoms with Crippen molar-refractivity contribution in [3.63, 3.8) is 0 Å². The van der Waals surface area contributed by atoms with E-state index in [1.807, 2.05) is 0 Å². The highest BCUT2D eigenvalue weighted by Crippen LogP contribution is 2.50. The number of nitrogens with one attached hydrogen (secondary N) is 3. The average molecular weight is 667 g/mol. The predicted molar refractivity (Wildman–Crippen MR) is 170 cm³/mol. The second-order valence-electron chi connectivity index (χ2n) is 11.4. The molecule has 15 heteroatoms. The molecule has 5 N–H and O–H groups in total. The molecule has 2 fully saturated rings. The van der Waals surface area contributed by atoms with E-state index in [0.717, 1.165) is 6.26 Å². The summed E-state index contributed by atoms with van der Waals surface area (Å²) in [6.07, 6.45) is 4.32. The van der Waals surface area contributed by atoms with E-state index in [4.69, 9.17) is 0 Å². The maximum atomic E-state index is 13.5. The van der Waals surface area contributed by atoms with Gasteiger partial charge in [0.25, 0.3) is 11.5 Å². The molecule has 2 aliphatic rings. The van der Waals surface area contributed by atoms with Crippen LogP contribution in [0.25, 0.3) is 12.2 Å². The van der Waals surface area contributed by atoms with Crippen LogP contribution in [0.5, 0.6) is 5.75 Å².